The summed E-state index contributed by atoms with van der Waals surface area (Å²) < 4.78 is 0. The molecule has 20 heavy (non-hydrogen) atoms. The highest BCUT2D eigenvalue weighted by molar-refractivity contribution is 5.06. The molecule has 0 aromatic heterocycles. The molecule has 1 heterocycles. The van der Waals surface area contributed by atoms with Crippen molar-refractivity contribution in [1.29, 1.82) is 0 Å². The van der Waals surface area contributed by atoms with Gasteiger partial charge in [0.05, 0.1) is 0 Å². The van der Waals surface area contributed by atoms with Crippen molar-refractivity contribution in [2.45, 2.75) is 70.5 Å². The first kappa shape index (κ1) is 13.6. The maximum atomic E-state index is 4.14. The first-order valence-electron chi connectivity index (χ1n) is 9.09. The fraction of sp³-hybridized carbons (Fsp3) is 1.00. The van der Waals surface area contributed by atoms with Crippen LogP contribution in [0.3, 0.4) is 0 Å². The Kier molecular flexibility index (Phi) is 3.38. The normalized spacial score (nSPS) is 55.4. The Morgan fingerprint density at radius 1 is 0.900 bits per heavy atom. The molecule has 4 fully saturated rings. The SMILES string of the molecule is CC1CN(C)C(C)CC1NC1CC2CC1C1CCCC21. The van der Waals surface area contributed by atoms with Gasteiger partial charge in [0.1, 0.15) is 0 Å². The Morgan fingerprint density at radius 3 is 2.55 bits per heavy atom. The number of hydrogen-bond acceptors (Lipinski definition) is 2. The second-order valence-corrected chi connectivity index (χ2v) is 8.54. The number of hydrogen-bond donors (Lipinski definition) is 1. The third kappa shape index (κ3) is 2.06. The zero-order chi connectivity index (χ0) is 13.9. The quantitative estimate of drug-likeness (QED) is 0.833. The van der Waals surface area contributed by atoms with E-state index in [0.29, 0.717) is 0 Å². The van der Waals surface area contributed by atoms with E-state index < -0.39 is 0 Å². The van der Waals surface area contributed by atoms with E-state index in [1.165, 1.54) is 25.8 Å². The van der Waals surface area contributed by atoms with E-state index in [2.05, 4.69) is 31.1 Å². The van der Waals surface area contributed by atoms with E-state index in [9.17, 15) is 0 Å². The fourth-order valence-electron chi connectivity index (χ4n) is 6.31. The lowest BCUT2D eigenvalue weighted by Crippen LogP contribution is -2.54. The highest BCUT2D eigenvalue weighted by atomic mass is 15.2. The van der Waals surface area contributed by atoms with E-state index in [0.717, 1.165) is 47.7 Å². The Labute approximate surface area is 124 Å². The summed E-state index contributed by atoms with van der Waals surface area (Å²) in [6.45, 7) is 6.12. The molecule has 3 saturated carbocycles. The molecule has 0 radical (unpaired) electrons. The third-order valence-electron chi connectivity index (χ3n) is 7.47. The lowest BCUT2D eigenvalue weighted by molar-refractivity contribution is 0.1000. The largest absolute Gasteiger partial charge is 0.311 e. The summed E-state index contributed by atoms with van der Waals surface area (Å²) in [4.78, 5) is 2.54. The summed E-state index contributed by atoms with van der Waals surface area (Å²) in [5, 5.41) is 4.14. The van der Waals surface area contributed by atoms with Crippen LogP contribution in [0.5, 0.6) is 0 Å². The van der Waals surface area contributed by atoms with Crippen LogP contribution in [-0.4, -0.2) is 36.6 Å². The minimum atomic E-state index is 0.751. The predicted molar refractivity (Wildman–Crippen MR) is 83.6 cm³/mol. The van der Waals surface area contributed by atoms with Gasteiger partial charge in [-0.1, -0.05) is 13.3 Å². The minimum Gasteiger partial charge on any atom is -0.311 e. The molecule has 4 rings (SSSR count). The van der Waals surface area contributed by atoms with Crippen LogP contribution in [0.25, 0.3) is 0 Å². The van der Waals surface area contributed by atoms with Gasteiger partial charge in [-0.15, -0.1) is 0 Å². The summed E-state index contributed by atoms with van der Waals surface area (Å²) in [7, 11) is 2.29. The van der Waals surface area contributed by atoms with Crippen molar-refractivity contribution in [3.63, 3.8) is 0 Å². The van der Waals surface area contributed by atoms with Crippen molar-refractivity contribution >= 4 is 0 Å². The first-order valence-corrected chi connectivity index (χ1v) is 9.09. The molecule has 4 aliphatic rings. The number of nitrogens with zero attached hydrogens (tertiary/aromatic N) is 1. The number of likely N-dealkylation sites (tertiary alicyclic amines) is 1. The monoisotopic (exact) mass is 276 g/mol. The molecule has 114 valence electrons. The predicted octanol–water partition coefficient (Wildman–Crippen LogP) is 3.13. The summed E-state index contributed by atoms with van der Waals surface area (Å²) in [5.41, 5.74) is 0. The Balaban J connectivity index is 1.40. The van der Waals surface area contributed by atoms with Gasteiger partial charge in [-0.2, -0.15) is 0 Å². The second kappa shape index (κ2) is 4.98. The number of rotatable bonds is 2. The molecule has 1 aliphatic heterocycles. The maximum Gasteiger partial charge on any atom is 0.0122 e. The van der Waals surface area contributed by atoms with Crippen molar-refractivity contribution in [3.8, 4) is 0 Å². The Morgan fingerprint density at radius 2 is 1.70 bits per heavy atom. The molecular weight excluding hydrogens is 244 g/mol. The van der Waals surface area contributed by atoms with Gasteiger partial charge < -0.3 is 10.2 Å². The second-order valence-electron chi connectivity index (χ2n) is 8.54. The summed E-state index contributed by atoms with van der Waals surface area (Å²) in [5.74, 6) is 5.17. The molecule has 1 saturated heterocycles. The maximum absolute atomic E-state index is 4.14. The van der Waals surface area contributed by atoms with E-state index in [1.54, 1.807) is 19.3 Å². The van der Waals surface area contributed by atoms with Crippen LogP contribution in [0, 0.1) is 29.6 Å². The highest BCUT2D eigenvalue weighted by Crippen LogP contribution is 2.58. The summed E-state index contributed by atoms with van der Waals surface area (Å²) in [6, 6.07) is 2.38. The third-order valence-corrected chi connectivity index (χ3v) is 7.47. The molecule has 0 aromatic rings. The van der Waals surface area contributed by atoms with Crippen molar-refractivity contribution < 1.29 is 0 Å². The van der Waals surface area contributed by atoms with Gasteiger partial charge in [-0.25, -0.2) is 0 Å². The number of nitrogens with one attached hydrogen (secondary N) is 1. The first-order chi connectivity index (χ1) is 9.63. The molecule has 2 bridgehead atoms. The van der Waals surface area contributed by atoms with E-state index >= 15 is 0 Å². The molecule has 0 aromatic carbocycles. The van der Waals surface area contributed by atoms with Crippen LogP contribution in [0.15, 0.2) is 0 Å². The van der Waals surface area contributed by atoms with Gasteiger partial charge in [0.15, 0.2) is 0 Å². The highest BCUT2D eigenvalue weighted by Gasteiger charge is 2.54. The van der Waals surface area contributed by atoms with Crippen LogP contribution >= 0.6 is 0 Å². The smallest absolute Gasteiger partial charge is 0.0122 e. The molecule has 0 amide bonds. The van der Waals surface area contributed by atoms with Gasteiger partial charge >= 0.3 is 0 Å². The van der Waals surface area contributed by atoms with Crippen molar-refractivity contribution in [2.24, 2.45) is 29.6 Å². The Bertz CT molecular complexity index is 368. The topological polar surface area (TPSA) is 15.3 Å². The average molecular weight is 276 g/mol. The van der Waals surface area contributed by atoms with E-state index in [4.69, 9.17) is 0 Å². The van der Waals surface area contributed by atoms with Gasteiger partial charge in [-0.05, 0) is 75.7 Å². The van der Waals surface area contributed by atoms with Gasteiger partial charge in [0.2, 0.25) is 0 Å². The summed E-state index contributed by atoms with van der Waals surface area (Å²) in [6.07, 6.45) is 9.03. The van der Waals surface area contributed by atoms with Gasteiger partial charge in [0.25, 0.3) is 0 Å². The average Bonchev–Trinajstić information content (AvgIpc) is 3.07. The molecule has 1 N–H and O–H groups in total. The van der Waals surface area contributed by atoms with E-state index in [-0.39, 0.29) is 0 Å². The van der Waals surface area contributed by atoms with Crippen LogP contribution < -0.4 is 5.32 Å². The Hall–Kier alpha value is -0.0800. The molecule has 3 aliphatic carbocycles. The lowest BCUT2D eigenvalue weighted by atomic mass is 9.78. The zero-order valence-corrected chi connectivity index (χ0v) is 13.5. The fourth-order valence-corrected chi connectivity index (χ4v) is 6.31. The summed E-state index contributed by atoms with van der Waals surface area (Å²) >= 11 is 0. The molecular formula is C18H32N2. The van der Waals surface area contributed by atoms with Crippen LogP contribution in [0.1, 0.15) is 52.4 Å². The molecule has 2 heteroatoms. The lowest BCUT2D eigenvalue weighted by Gasteiger charge is -2.43. The minimum absolute atomic E-state index is 0.751. The molecule has 8 atom stereocenters. The number of fused-ring (bicyclic) bond motifs is 5. The zero-order valence-electron chi connectivity index (χ0n) is 13.5. The van der Waals surface area contributed by atoms with Crippen molar-refractivity contribution in [3.05, 3.63) is 0 Å². The van der Waals surface area contributed by atoms with Crippen LogP contribution in [0.2, 0.25) is 0 Å². The van der Waals surface area contributed by atoms with Crippen molar-refractivity contribution in [2.75, 3.05) is 13.6 Å². The molecule has 8 unspecified atom stereocenters. The van der Waals surface area contributed by atoms with Crippen LogP contribution in [0.4, 0.5) is 0 Å². The standard InChI is InChI=1S/C18H32N2/c1-11-10-20(3)12(2)7-17(11)19-18-9-13-8-16(18)15-6-4-5-14(13)15/h11-19H,4-10H2,1-3H3. The molecule has 0 spiro atoms. The van der Waals surface area contributed by atoms with Gasteiger partial charge in [0, 0.05) is 24.7 Å². The number of piperidine rings is 1. The van der Waals surface area contributed by atoms with Gasteiger partial charge in [-0.3, -0.25) is 0 Å². The van der Waals surface area contributed by atoms with E-state index in [1.807, 2.05) is 0 Å². The van der Waals surface area contributed by atoms with Crippen LogP contribution in [-0.2, 0) is 0 Å². The molecule has 2 nitrogen and oxygen atoms in total. The van der Waals surface area contributed by atoms with Crippen molar-refractivity contribution in [1.82, 2.24) is 10.2 Å².